The maximum atomic E-state index is 6.40. The minimum atomic E-state index is 0.920. The van der Waals surface area contributed by atoms with Crippen LogP contribution in [-0.4, -0.2) is 0 Å². The van der Waals surface area contributed by atoms with Crippen LogP contribution in [-0.2, 0) is 0 Å². The van der Waals surface area contributed by atoms with Crippen LogP contribution < -0.4 is 0 Å². The van der Waals surface area contributed by atoms with E-state index in [1.54, 1.807) is 0 Å². The third-order valence-electron chi connectivity index (χ3n) is 10.8. The van der Waals surface area contributed by atoms with Gasteiger partial charge in [0.05, 0.1) is 0 Å². The Morgan fingerprint density at radius 3 is 1.41 bits per heavy atom. The molecule has 1 nitrogen and oxygen atoms in total. The second-order valence-corrected chi connectivity index (χ2v) is 13.6. The van der Waals surface area contributed by atoms with Gasteiger partial charge in [-0.1, -0.05) is 164 Å². The summed E-state index contributed by atoms with van der Waals surface area (Å²) in [5.41, 5.74) is 9.30. The molecule has 0 amide bonds. The van der Waals surface area contributed by atoms with Crippen molar-refractivity contribution < 1.29 is 4.42 Å². The summed E-state index contributed by atoms with van der Waals surface area (Å²) in [6.45, 7) is 0. The molecule has 0 aliphatic heterocycles. The third-order valence-corrected chi connectivity index (χ3v) is 10.8. The van der Waals surface area contributed by atoms with Gasteiger partial charge in [0.15, 0.2) is 0 Å². The van der Waals surface area contributed by atoms with E-state index >= 15 is 0 Å². The summed E-state index contributed by atoms with van der Waals surface area (Å²) in [5, 5.41) is 14.8. The summed E-state index contributed by atoms with van der Waals surface area (Å²) >= 11 is 0. The predicted octanol–water partition coefficient (Wildman–Crippen LogP) is 14.4. The zero-order chi connectivity index (χ0) is 33.5. The zero-order valence-corrected chi connectivity index (χ0v) is 27.7. The smallest absolute Gasteiger partial charge is 0.143 e. The molecule has 0 aliphatic carbocycles. The summed E-state index contributed by atoms with van der Waals surface area (Å²) in [7, 11) is 0. The molecule has 0 atom stereocenters. The van der Waals surface area contributed by atoms with Crippen LogP contribution in [0.15, 0.2) is 186 Å². The van der Waals surface area contributed by atoms with E-state index in [4.69, 9.17) is 4.42 Å². The Kier molecular flexibility index (Phi) is 6.02. The van der Waals surface area contributed by atoms with Crippen molar-refractivity contribution in [1.29, 1.82) is 0 Å². The number of para-hydroxylation sites is 1. The van der Waals surface area contributed by atoms with E-state index in [0.717, 1.165) is 27.3 Å². The highest BCUT2D eigenvalue weighted by Gasteiger charge is 2.20. The van der Waals surface area contributed by atoms with Crippen LogP contribution in [0.4, 0.5) is 0 Å². The zero-order valence-electron chi connectivity index (χ0n) is 27.7. The summed E-state index contributed by atoms with van der Waals surface area (Å²) in [5.74, 6) is 0. The molecule has 0 unspecified atom stereocenters. The first-order valence-corrected chi connectivity index (χ1v) is 17.6. The molecule has 0 saturated carbocycles. The maximum absolute atomic E-state index is 6.40. The molecule has 1 heterocycles. The molecule has 10 aromatic carbocycles. The van der Waals surface area contributed by atoms with Crippen molar-refractivity contribution in [2.75, 3.05) is 0 Å². The molecule has 1 heteroatoms. The first kappa shape index (κ1) is 28.2. The van der Waals surface area contributed by atoms with Crippen molar-refractivity contribution >= 4 is 75.8 Å². The molecule has 1 aromatic heterocycles. The van der Waals surface area contributed by atoms with Gasteiger partial charge in [0.1, 0.15) is 11.2 Å². The number of rotatable bonds is 3. The van der Waals surface area contributed by atoms with Gasteiger partial charge in [0.2, 0.25) is 0 Å². The molecular weight excluding hydrogens is 617 g/mol. The van der Waals surface area contributed by atoms with Crippen molar-refractivity contribution in [3.63, 3.8) is 0 Å². The Morgan fingerprint density at radius 1 is 0.275 bits per heavy atom. The largest absolute Gasteiger partial charge is 0.455 e. The molecule has 51 heavy (non-hydrogen) atoms. The van der Waals surface area contributed by atoms with Gasteiger partial charge in [0, 0.05) is 16.2 Å². The van der Waals surface area contributed by atoms with Crippen molar-refractivity contribution in [1.82, 2.24) is 0 Å². The second kappa shape index (κ2) is 10.9. The Labute approximate surface area is 294 Å². The van der Waals surface area contributed by atoms with Gasteiger partial charge in [-0.15, -0.1) is 0 Å². The van der Waals surface area contributed by atoms with E-state index < -0.39 is 0 Å². The Hall–Kier alpha value is -6.70. The van der Waals surface area contributed by atoms with E-state index in [9.17, 15) is 0 Å². The first-order valence-electron chi connectivity index (χ1n) is 17.6. The minimum absolute atomic E-state index is 0.920. The number of furan rings is 1. The fraction of sp³-hybridized carbons (Fsp3) is 0. The lowest BCUT2D eigenvalue weighted by Crippen LogP contribution is -1.92. The van der Waals surface area contributed by atoms with Crippen LogP contribution in [0.25, 0.3) is 109 Å². The highest BCUT2D eigenvalue weighted by molar-refractivity contribution is 6.26. The van der Waals surface area contributed by atoms with E-state index in [1.165, 1.54) is 81.9 Å². The summed E-state index contributed by atoms with van der Waals surface area (Å²) < 4.78 is 6.40. The van der Waals surface area contributed by atoms with Gasteiger partial charge in [-0.05, 0) is 100 Å². The minimum Gasteiger partial charge on any atom is -0.455 e. The fourth-order valence-corrected chi connectivity index (χ4v) is 8.59. The number of fused-ring (bicyclic) bond motifs is 10. The molecule has 11 aromatic rings. The quantitative estimate of drug-likeness (QED) is 0.138. The molecule has 0 radical (unpaired) electrons. The molecule has 236 valence electrons. The van der Waals surface area contributed by atoms with Crippen molar-refractivity contribution in [2.24, 2.45) is 0 Å². The molecular formula is C50H30O. The van der Waals surface area contributed by atoms with Gasteiger partial charge < -0.3 is 4.42 Å². The van der Waals surface area contributed by atoms with Crippen molar-refractivity contribution in [3.8, 4) is 33.4 Å². The molecule has 0 aliphatic rings. The summed E-state index contributed by atoms with van der Waals surface area (Å²) in [4.78, 5) is 0. The maximum Gasteiger partial charge on any atom is 0.143 e. The van der Waals surface area contributed by atoms with E-state index in [0.29, 0.717) is 0 Å². The van der Waals surface area contributed by atoms with E-state index in [1.807, 2.05) is 6.07 Å². The van der Waals surface area contributed by atoms with Gasteiger partial charge >= 0.3 is 0 Å². The Balaban J connectivity index is 1.15. The number of benzene rings is 10. The third kappa shape index (κ3) is 4.16. The normalized spacial score (nSPS) is 11.9. The Bertz CT molecular complexity index is 3120. The molecule has 0 spiro atoms. The standard InChI is InChI=1S/C50H30O/c1-2-14-34-33(13-1)29-45(36-16-4-3-15-35(34)36)49-41-21-8-6-19-39(41)48(40-20-7-9-22-42(40)49)32-27-25-31(26-28-32)44-30-46-38-18-11-12-24-47(38)51-50(46)43-23-10-5-17-37(43)44/h1-30H. The SMILES string of the molecule is c1ccc2c(c1)cc(-c1c3ccccc3c(-c3ccc(-c4cc5c6ccccc6oc5c5ccccc45)cc3)c3ccccc13)c1ccccc12. The molecule has 0 bridgehead atoms. The van der Waals surface area contributed by atoms with Gasteiger partial charge in [-0.3, -0.25) is 0 Å². The van der Waals surface area contributed by atoms with Crippen molar-refractivity contribution in [3.05, 3.63) is 182 Å². The van der Waals surface area contributed by atoms with Crippen molar-refractivity contribution in [2.45, 2.75) is 0 Å². The summed E-state index contributed by atoms with van der Waals surface area (Å²) in [6, 6.07) is 66.4. The Morgan fingerprint density at radius 2 is 0.745 bits per heavy atom. The van der Waals surface area contributed by atoms with E-state index in [2.05, 4.69) is 176 Å². The van der Waals surface area contributed by atoms with Gasteiger partial charge in [-0.25, -0.2) is 0 Å². The topological polar surface area (TPSA) is 13.1 Å². The first-order chi connectivity index (χ1) is 25.3. The van der Waals surface area contributed by atoms with Crippen LogP contribution in [0.1, 0.15) is 0 Å². The second-order valence-electron chi connectivity index (χ2n) is 13.6. The fourth-order valence-electron chi connectivity index (χ4n) is 8.59. The van der Waals surface area contributed by atoms with Crippen LogP contribution in [0.3, 0.4) is 0 Å². The van der Waals surface area contributed by atoms with Crippen LogP contribution in [0.5, 0.6) is 0 Å². The lowest BCUT2D eigenvalue weighted by Gasteiger charge is -2.20. The highest BCUT2D eigenvalue weighted by atomic mass is 16.3. The average molecular weight is 647 g/mol. The van der Waals surface area contributed by atoms with Gasteiger partial charge in [-0.2, -0.15) is 0 Å². The van der Waals surface area contributed by atoms with Crippen LogP contribution in [0.2, 0.25) is 0 Å². The van der Waals surface area contributed by atoms with Gasteiger partial charge in [0.25, 0.3) is 0 Å². The number of hydrogen-bond donors (Lipinski definition) is 0. The highest BCUT2D eigenvalue weighted by Crippen LogP contribution is 2.47. The lowest BCUT2D eigenvalue weighted by molar-refractivity contribution is 0.672. The molecule has 0 saturated heterocycles. The van der Waals surface area contributed by atoms with E-state index in [-0.39, 0.29) is 0 Å². The lowest BCUT2D eigenvalue weighted by atomic mass is 9.83. The average Bonchev–Trinajstić information content (AvgIpc) is 3.58. The molecule has 0 fully saturated rings. The summed E-state index contributed by atoms with van der Waals surface area (Å²) in [6.07, 6.45) is 0. The van der Waals surface area contributed by atoms with Crippen LogP contribution in [0, 0.1) is 0 Å². The predicted molar refractivity (Wildman–Crippen MR) is 218 cm³/mol. The van der Waals surface area contributed by atoms with Crippen LogP contribution >= 0.6 is 0 Å². The molecule has 11 rings (SSSR count). The monoisotopic (exact) mass is 646 g/mol. The molecule has 0 N–H and O–H groups in total. The number of hydrogen-bond acceptors (Lipinski definition) is 1.